The molecule has 0 aliphatic rings. The minimum Gasteiger partial charge on any atom is -0.354 e. The lowest BCUT2D eigenvalue weighted by molar-refractivity contribution is 0.931. The van der Waals surface area contributed by atoms with Gasteiger partial charge in [0.25, 0.3) is 0 Å². The number of pyridine rings is 1. The van der Waals surface area contributed by atoms with Gasteiger partial charge in [-0.05, 0) is 36.6 Å². The predicted molar refractivity (Wildman–Crippen MR) is 79.9 cm³/mol. The molecule has 20 heavy (non-hydrogen) atoms. The number of hydrogen-bond donors (Lipinski definition) is 2. The maximum absolute atomic E-state index is 5.88. The number of nitrogens with zero attached hydrogens (tertiary/aromatic N) is 4. The van der Waals surface area contributed by atoms with Crippen molar-refractivity contribution in [1.29, 1.82) is 0 Å². The van der Waals surface area contributed by atoms with Gasteiger partial charge >= 0.3 is 0 Å². The normalized spacial score (nSPS) is 10.3. The second-order valence-electron chi connectivity index (χ2n) is 4.34. The molecule has 2 rings (SSSR count). The third kappa shape index (κ3) is 4.31. The first-order valence-electron chi connectivity index (χ1n) is 6.48. The number of nitrogens with one attached hydrogen (secondary N) is 2. The largest absolute Gasteiger partial charge is 0.354 e. The fourth-order valence-electron chi connectivity index (χ4n) is 1.53. The van der Waals surface area contributed by atoms with E-state index in [1.165, 1.54) is 0 Å². The van der Waals surface area contributed by atoms with Crippen LogP contribution in [0.25, 0.3) is 0 Å². The first kappa shape index (κ1) is 14.5. The molecule has 0 spiro atoms. The van der Waals surface area contributed by atoms with Crippen LogP contribution in [0.2, 0.25) is 5.28 Å². The van der Waals surface area contributed by atoms with Crippen molar-refractivity contribution in [3.05, 3.63) is 34.9 Å². The van der Waals surface area contributed by atoms with Crippen molar-refractivity contribution < 1.29 is 0 Å². The van der Waals surface area contributed by atoms with E-state index in [4.69, 9.17) is 11.6 Å². The lowest BCUT2D eigenvalue weighted by Gasteiger charge is -2.07. The molecule has 0 aliphatic heterocycles. The van der Waals surface area contributed by atoms with Gasteiger partial charge in [0.2, 0.25) is 17.2 Å². The molecule has 0 atom stereocenters. The van der Waals surface area contributed by atoms with E-state index in [0.29, 0.717) is 18.4 Å². The van der Waals surface area contributed by atoms with Crippen LogP contribution in [0.15, 0.2) is 18.3 Å². The summed E-state index contributed by atoms with van der Waals surface area (Å²) in [5.41, 5.74) is 2.04. The van der Waals surface area contributed by atoms with Gasteiger partial charge in [-0.3, -0.25) is 4.98 Å². The lowest BCUT2D eigenvalue weighted by atomic mass is 10.2. The van der Waals surface area contributed by atoms with Crippen molar-refractivity contribution in [3.8, 4) is 0 Å². The number of halogens is 1. The smallest absolute Gasteiger partial charge is 0.229 e. The minimum atomic E-state index is 0.170. The highest BCUT2D eigenvalue weighted by atomic mass is 35.5. The summed E-state index contributed by atoms with van der Waals surface area (Å²) in [6, 6.07) is 3.97. The molecule has 0 saturated carbocycles. The molecule has 0 bridgehead atoms. The van der Waals surface area contributed by atoms with Crippen molar-refractivity contribution in [3.63, 3.8) is 0 Å². The van der Waals surface area contributed by atoms with Gasteiger partial charge in [0.1, 0.15) is 0 Å². The Morgan fingerprint density at radius 1 is 1.10 bits per heavy atom. The van der Waals surface area contributed by atoms with Crippen LogP contribution in [0.1, 0.15) is 24.6 Å². The number of rotatable bonds is 6. The molecule has 2 aromatic heterocycles. The second-order valence-corrected chi connectivity index (χ2v) is 4.68. The maximum atomic E-state index is 5.88. The van der Waals surface area contributed by atoms with Gasteiger partial charge in [-0.2, -0.15) is 15.0 Å². The molecular weight excluding hydrogens is 276 g/mol. The molecule has 2 aromatic rings. The summed E-state index contributed by atoms with van der Waals surface area (Å²) >= 11 is 5.88. The van der Waals surface area contributed by atoms with Crippen LogP contribution in [-0.2, 0) is 6.54 Å². The van der Waals surface area contributed by atoms with Crippen molar-refractivity contribution in [2.75, 3.05) is 17.2 Å². The van der Waals surface area contributed by atoms with E-state index < -0.39 is 0 Å². The fourth-order valence-corrected chi connectivity index (χ4v) is 1.69. The summed E-state index contributed by atoms with van der Waals surface area (Å²) in [7, 11) is 0. The molecule has 0 radical (unpaired) electrons. The third-order valence-electron chi connectivity index (χ3n) is 2.56. The number of hydrogen-bond acceptors (Lipinski definition) is 6. The SMILES string of the molecule is CCCNc1nc(Cl)nc(NCc2ccc(C)nc2)n1. The van der Waals surface area contributed by atoms with E-state index in [-0.39, 0.29) is 5.28 Å². The maximum Gasteiger partial charge on any atom is 0.229 e. The summed E-state index contributed by atoms with van der Waals surface area (Å²) in [4.78, 5) is 16.6. The molecule has 7 heteroatoms. The molecule has 0 aliphatic carbocycles. The summed E-state index contributed by atoms with van der Waals surface area (Å²) in [5.74, 6) is 0.931. The Morgan fingerprint density at radius 2 is 1.85 bits per heavy atom. The van der Waals surface area contributed by atoms with Crippen molar-refractivity contribution in [2.45, 2.75) is 26.8 Å². The zero-order chi connectivity index (χ0) is 14.4. The zero-order valence-corrected chi connectivity index (χ0v) is 12.3. The van der Waals surface area contributed by atoms with Crippen LogP contribution < -0.4 is 10.6 Å². The van der Waals surface area contributed by atoms with E-state index in [0.717, 1.165) is 24.2 Å². The highest BCUT2D eigenvalue weighted by molar-refractivity contribution is 6.28. The van der Waals surface area contributed by atoms with E-state index in [9.17, 15) is 0 Å². The molecule has 2 N–H and O–H groups in total. The van der Waals surface area contributed by atoms with Crippen LogP contribution in [0.4, 0.5) is 11.9 Å². The Bertz CT molecular complexity index is 557. The van der Waals surface area contributed by atoms with Crippen LogP contribution in [0, 0.1) is 6.92 Å². The molecular formula is C13H17ClN6. The Balaban J connectivity index is 2.01. The molecule has 2 heterocycles. The van der Waals surface area contributed by atoms with Crippen LogP contribution >= 0.6 is 11.6 Å². The quantitative estimate of drug-likeness (QED) is 0.852. The first-order chi connectivity index (χ1) is 9.67. The Morgan fingerprint density at radius 3 is 2.50 bits per heavy atom. The Labute approximate surface area is 123 Å². The van der Waals surface area contributed by atoms with E-state index >= 15 is 0 Å². The molecule has 0 unspecified atom stereocenters. The third-order valence-corrected chi connectivity index (χ3v) is 2.73. The van der Waals surface area contributed by atoms with Crippen LogP contribution in [0.3, 0.4) is 0 Å². The van der Waals surface area contributed by atoms with Crippen LogP contribution in [0.5, 0.6) is 0 Å². The Hall–Kier alpha value is -1.95. The van der Waals surface area contributed by atoms with Crippen molar-refractivity contribution in [1.82, 2.24) is 19.9 Å². The van der Waals surface area contributed by atoms with Gasteiger partial charge in [-0.1, -0.05) is 13.0 Å². The highest BCUT2D eigenvalue weighted by Crippen LogP contribution is 2.10. The van der Waals surface area contributed by atoms with Gasteiger partial charge < -0.3 is 10.6 Å². The molecule has 0 fully saturated rings. The van der Waals surface area contributed by atoms with E-state index in [2.05, 4.69) is 37.5 Å². The molecule has 6 nitrogen and oxygen atoms in total. The minimum absolute atomic E-state index is 0.170. The number of anilines is 2. The van der Waals surface area contributed by atoms with Crippen molar-refractivity contribution in [2.24, 2.45) is 0 Å². The molecule has 0 aromatic carbocycles. The number of aryl methyl sites for hydroxylation is 1. The fraction of sp³-hybridized carbons (Fsp3) is 0.385. The summed E-state index contributed by atoms with van der Waals surface area (Å²) in [6.07, 6.45) is 2.81. The topological polar surface area (TPSA) is 75.6 Å². The predicted octanol–water partition coefficient (Wildman–Crippen LogP) is 2.66. The first-order valence-corrected chi connectivity index (χ1v) is 6.86. The zero-order valence-electron chi connectivity index (χ0n) is 11.5. The summed E-state index contributed by atoms with van der Waals surface area (Å²) in [5, 5.41) is 6.36. The lowest BCUT2D eigenvalue weighted by Crippen LogP contribution is -2.09. The molecule has 0 amide bonds. The second kappa shape index (κ2) is 7.00. The number of aromatic nitrogens is 4. The summed E-state index contributed by atoms with van der Waals surface area (Å²) in [6.45, 7) is 5.40. The summed E-state index contributed by atoms with van der Waals surface area (Å²) < 4.78 is 0. The highest BCUT2D eigenvalue weighted by Gasteiger charge is 2.04. The molecule has 106 valence electrons. The standard InChI is InChI=1S/C13H17ClN6/c1-3-6-15-12-18-11(14)19-13(20-12)17-8-10-5-4-9(2)16-7-10/h4-5,7H,3,6,8H2,1-2H3,(H2,15,17,18,19,20). The van der Waals surface area contributed by atoms with Gasteiger partial charge in [0.05, 0.1) is 0 Å². The monoisotopic (exact) mass is 292 g/mol. The van der Waals surface area contributed by atoms with Crippen molar-refractivity contribution >= 4 is 23.5 Å². The van der Waals surface area contributed by atoms with Gasteiger partial charge in [-0.25, -0.2) is 0 Å². The van der Waals surface area contributed by atoms with Gasteiger partial charge in [-0.15, -0.1) is 0 Å². The van der Waals surface area contributed by atoms with Gasteiger partial charge in [0, 0.05) is 25.0 Å². The average Bonchev–Trinajstić information content (AvgIpc) is 2.44. The van der Waals surface area contributed by atoms with Gasteiger partial charge in [0.15, 0.2) is 0 Å². The van der Waals surface area contributed by atoms with E-state index in [1.807, 2.05) is 25.3 Å². The Kier molecular flexibility index (Phi) is 5.06. The average molecular weight is 293 g/mol. The van der Waals surface area contributed by atoms with E-state index in [1.54, 1.807) is 0 Å². The van der Waals surface area contributed by atoms with Crippen LogP contribution in [-0.4, -0.2) is 26.5 Å². The molecule has 0 saturated heterocycles.